The van der Waals surface area contributed by atoms with Gasteiger partial charge in [0.05, 0.1) is 0 Å². The van der Waals surface area contributed by atoms with Crippen LogP contribution < -0.4 is 0 Å². The molecule has 4 nitrogen and oxygen atoms in total. The van der Waals surface area contributed by atoms with Gasteiger partial charge in [0.25, 0.3) is 0 Å². The average molecular weight is 282 g/mol. The summed E-state index contributed by atoms with van der Waals surface area (Å²) in [5, 5.41) is 9.35. The van der Waals surface area contributed by atoms with Crippen LogP contribution >= 0.6 is 11.6 Å². The maximum Gasteiger partial charge on any atom is 0.323 e. The zero-order chi connectivity index (χ0) is 14.4. The number of amides is 1. The van der Waals surface area contributed by atoms with E-state index in [0.29, 0.717) is 5.02 Å². The molecular formula is C14H16ClNO3. The van der Waals surface area contributed by atoms with Crippen molar-refractivity contribution < 1.29 is 14.7 Å². The standard InChI is InChI=1S/C14H16ClNO3/c1-10(2)16(9-14(18)19)13(17)7-6-11-4-3-5-12(15)8-11/h3-8,10H,9H2,1-2H3,(H,18,19)/b7-6+. The SMILES string of the molecule is CC(C)N(CC(=O)O)C(=O)/C=C/c1cccc(Cl)c1. The summed E-state index contributed by atoms with van der Waals surface area (Å²) in [6, 6.07) is 6.89. The van der Waals surface area contributed by atoms with Gasteiger partial charge in [-0.15, -0.1) is 0 Å². The number of carbonyl (C=O) groups excluding carboxylic acids is 1. The number of rotatable bonds is 5. The molecule has 19 heavy (non-hydrogen) atoms. The third kappa shape index (κ3) is 5.14. The lowest BCUT2D eigenvalue weighted by atomic mass is 10.2. The van der Waals surface area contributed by atoms with Crippen LogP contribution in [0, 0.1) is 0 Å². The Morgan fingerprint density at radius 1 is 1.42 bits per heavy atom. The summed E-state index contributed by atoms with van der Waals surface area (Å²) in [5.41, 5.74) is 0.792. The second kappa shape index (κ2) is 6.95. The van der Waals surface area contributed by atoms with Crippen molar-refractivity contribution in [1.29, 1.82) is 0 Å². The molecule has 0 aliphatic carbocycles. The number of halogens is 1. The highest BCUT2D eigenvalue weighted by Crippen LogP contribution is 2.12. The first-order valence-corrected chi connectivity index (χ1v) is 6.24. The quantitative estimate of drug-likeness (QED) is 0.844. The highest BCUT2D eigenvalue weighted by molar-refractivity contribution is 6.30. The number of benzene rings is 1. The minimum absolute atomic E-state index is 0.174. The molecule has 0 spiro atoms. The van der Waals surface area contributed by atoms with Gasteiger partial charge in [-0.3, -0.25) is 9.59 Å². The van der Waals surface area contributed by atoms with Gasteiger partial charge in [-0.05, 0) is 37.6 Å². The number of carboxylic acids is 1. The first kappa shape index (κ1) is 15.2. The number of hydrogen-bond donors (Lipinski definition) is 1. The summed E-state index contributed by atoms with van der Waals surface area (Å²) >= 11 is 5.84. The molecule has 0 bridgehead atoms. The first-order valence-electron chi connectivity index (χ1n) is 5.86. The topological polar surface area (TPSA) is 57.6 Å². The molecule has 1 rings (SSSR count). The molecule has 5 heteroatoms. The Morgan fingerprint density at radius 2 is 2.11 bits per heavy atom. The first-order chi connectivity index (χ1) is 8.90. The number of carbonyl (C=O) groups is 2. The van der Waals surface area contributed by atoms with Crippen LogP contribution in [0.15, 0.2) is 30.3 Å². The Labute approximate surface area is 117 Å². The molecule has 0 aliphatic heterocycles. The number of carboxylic acid groups (broad SMARTS) is 1. The van der Waals surface area contributed by atoms with E-state index < -0.39 is 5.97 Å². The molecule has 1 amide bonds. The van der Waals surface area contributed by atoms with Gasteiger partial charge in [0.15, 0.2) is 0 Å². The second-order valence-electron chi connectivity index (χ2n) is 4.34. The summed E-state index contributed by atoms with van der Waals surface area (Å²) in [6.07, 6.45) is 2.97. The molecule has 0 aromatic heterocycles. The fourth-order valence-electron chi connectivity index (χ4n) is 1.53. The van der Waals surface area contributed by atoms with Crippen molar-refractivity contribution in [3.8, 4) is 0 Å². The number of aliphatic carboxylic acids is 1. The summed E-state index contributed by atoms with van der Waals surface area (Å²) in [7, 11) is 0. The van der Waals surface area contributed by atoms with Crippen LogP contribution in [0.1, 0.15) is 19.4 Å². The minimum Gasteiger partial charge on any atom is -0.480 e. The fourth-order valence-corrected chi connectivity index (χ4v) is 1.73. The normalized spacial score (nSPS) is 10.9. The zero-order valence-corrected chi connectivity index (χ0v) is 11.6. The maximum absolute atomic E-state index is 11.9. The Morgan fingerprint density at radius 3 is 2.63 bits per heavy atom. The van der Waals surface area contributed by atoms with E-state index >= 15 is 0 Å². The van der Waals surface area contributed by atoms with Gasteiger partial charge in [-0.1, -0.05) is 23.7 Å². The molecule has 1 N–H and O–H groups in total. The Balaban J connectivity index is 2.79. The number of hydrogen-bond acceptors (Lipinski definition) is 2. The lowest BCUT2D eigenvalue weighted by Gasteiger charge is -2.23. The molecule has 102 valence electrons. The Bertz CT molecular complexity index is 497. The third-order valence-corrected chi connectivity index (χ3v) is 2.71. The van der Waals surface area contributed by atoms with Crippen molar-refractivity contribution >= 4 is 29.6 Å². The van der Waals surface area contributed by atoms with Crippen LogP contribution in [0.3, 0.4) is 0 Å². The Hall–Kier alpha value is -1.81. The van der Waals surface area contributed by atoms with E-state index in [-0.39, 0.29) is 18.5 Å². The van der Waals surface area contributed by atoms with E-state index in [2.05, 4.69) is 0 Å². The lowest BCUT2D eigenvalue weighted by Crippen LogP contribution is -2.39. The monoisotopic (exact) mass is 281 g/mol. The van der Waals surface area contributed by atoms with Crippen molar-refractivity contribution in [3.63, 3.8) is 0 Å². The maximum atomic E-state index is 11.9. The largest absolute Gasteiger partial charge is 0.480 e. The third-order valence-electron chi connectivity index (χ3n) is 2.48. The van der Waals surface area contributed by atoms with Crippen LogP contribution in [-0.4, -0.2) is 34.5 Å². The van der Waals surface area contributed by atoms with E-state index in [0.717, 1.165) is 5.56 Å². The van der Waals surface area contributed by atoms with Crippen molar-refractivity contribution in [2.45, 2.75) is 19.9 Å². The van der Waals surface area contributed by atoms with Crippen LogP contribution in [-0.2, 0) is 9.59 Å². The van der Waals surface area contributed by atoms with E-state index in [4.69, 9.17) is 16.7 Å². The summed E-state index contributed by atoms with van der Waals surface area (Å²) in [6.45, 7) is 3.23. The minimum atomic E-state index is -1.03. The molecule has 0 radical (unpaired) electrons. The zero-order valence-electron chi connectivity index (χ0n) is 10.8. The van der Waals surface area contributed by atoms with Crippen LogP contribution in [0.25, 0.3) is 6.08 Å². The van der Waals surface area contributed by atoms with Crippen molar-refractivity contribution in [2.75, 3.05) is 6.54 Å². The highest BCUT2D eigenvalue weighted by atomic mass is 35.5. The molecule has 0 saturated heterocycles. The van der Waals surface area contributed by atoms with Gasteiger partial charge in [0.1, 0.15) is 6.54 Å². The van der Waals surface area contributed by atoms with Crippen molar-refractivity contribution in [1.82, 2.24) is 4.90 Å². The molecular weight excluding hydrogens is 266 g/mol. The molecule has 0 fully saturated rings. The van der Waals surface area contributed by atoms with Gasteiger partial charge in [-0.2, -0.15) is 0 Å². The predicted molar refractivity (Wildman–Crippen MR) is 75.0 cm³/mol. The lowest BCUT2D eigenvalue weighted by molar-refractivity contribution is -0.143. The van der Waals surface area contributed by atoms with Crippen LogP contribution in [0.4, 0.5) is 0 Å². The molecule has 0 atom stereocenters. The van der Waals surface area contributed by atoms with Gasteiger partial charge in [-0.25, -0.2) is 0 Å². The summed E-state index contributed by atoms with van der Waals surface area (Å²) in [4.78, 5) is 23.9. The van der Waals surface area contributed by atoms with Crippen LogP contribution in [0.2, 0.25) is 5.02 Å². The second-order valence-corrected chi connectivity index (χ2v) is 4.78. The fraction of sp³-hybridized carbons (Fsp3) is 0.286. The van der Waals surface area contributed by atoms with E-state index in [1.165, 1.54) is 11.0 Å². The summed E-state index contributed by atoms with van der Waals surface area (Å²) < 4.78 is 0. The van der Waals surface area contributed by atoms with Gasteiger partial charge in [0.2, 0.25) is 5.91 Å². The van der Waals surface area contributed by atoms with Gasteiger partial charge >= 0.3 is 5.97 Å². The average Bonchev–Trinajstić information content (AvgIpc) is 2.32. The van der Waals surface area contributed by atoms with Crippen molar-refractivity contribution in [3.05, 3.63) is 40.9 Å². The van der Waals surface area contributed by atoms with Crippen LogP contribution in [0.5, 0.6) is 0 Å². The molecule has 1 aromatic rings. The molecule has 0 saturated carbocycles. The highest BCUT2D eigenvalue weighted by Gasteiger charge is 2.17. The Kier molecular flexibility index (Phi) is 5.57. The number of nitrogens with zero attached hydrogens (tertiary/aromatic N) is 1. The van der Waals surface area contributed by atoms with Crippen molar-refractivity contribution in [2.24, 2.45) is 0 Å². The predicted octanol–water partition coefficient (Wildman–Crippen LogP) is 2.67. The van der Waals surface area contributed by atoms with E-state index in [1.54, 1.807) is 38.1 Å². The molecule has 0 aliphatic rings. The molecule has 0 unspecified atom stereocenters. The smallest absolute Gasteiger partial charge is 0.323 e. The molecule has 1 aromatic carbocycles. The van der Waals surface area contributed by atoms with E-state index in [9.17, 15) is 9.59 Å². The summed E-state index contributed by atoms with van der Waals surface area (Å²) in [5.74, 6) is -1.37. The van der Waals surface area contributed by atoms with Gasteiger partial charge in [0, 0.05) is 17.1 Å². The van der Waals surface area contributed by atoms with Gasteiger partial charge < -0.3 is 10.0 Å². The van der Waals surface area contributed by atoms with E-state index in [1.807, 2.05) is 6.07 Å². The molecule has 0 heterocycles.